The standard InChI is InChI=1S/C14H16O/c1-3-14(15)11-12(2)9-10-13-7-5-4-6-8-13/h4-8,12H,3,11H2,1-2H3. The fraction of sp³-hybridized carbons (Fsp3) is 0.357. The molecule has 1 rings (SSSR count). The molecule has 0 N–H and O–H groups in total. The monoisotopic (exact) mass is 200 g/mol. The first kappa shape index (κ1) is 11.5. The fourth-order valence-electron chi connectivity index (χ4n) is 1.26. The van der Waals surface area contributed by atoms with E-state index in [1.807, 2.05) is 44.2 Å². The van der Waals surface area contributed by atoms with E-state index in [4.69, 9.17) is 0 Å². The highest BCUT2D eigenvalue weighted by Crippen LogP contribution is 2.03. The Morgan fingerprint density at radius 1 is 1.33 bits per heavy atom. The third-order valence-electron chi connectivity index (χ3n) is 2.16. The molecule has 0 aromatic heterocycles. The first-order valence-corrected chi connectivity index (χ1v) is 5.30. The molecule has 0 saturated carbocycles. The molecule has 0 aliphatic heterocycles. The van der Waals surface area contributed by atoms with Crippen molar-refractivity contribution in [3.05, 3.63) is 35.9 Å². The summed E-state index contributed by atoms with van der Waals surface area (Å²) in [4.78, 5) is 11.2. The summed E-state index contributed by atoms with van der Waals surface area (Å²) >= 11 is 0. The number of benzene rings is 1. The molecule has 0 heterocycles. The number of carbonyl (C=O) groups excluding carboxylic acids is 1. The van der Waals surface area contributed by atoms with E-state index in [0.717, 1.165) is 5.56 Å². The van der Waals surface area contributed by atoms with Crippen LogP contribution in [0.15, 0.2) is 30.3 Å². The normalized spacial score (nSPS) is 11.3. The van der Waals surface area contributed by atoms with Gasteiger partial charge in [0.05, 0.1) is 0 Å². The minimum Gasteiger partial charge on any atom is -0.300 e. The minimum absolute atomic E-state index is 0.151. The van der Waals surface area contributed by atoms with Crippen molar-refractivity contribution in [2.45, 2.75) is 26.7 Å². The molecule has 1 aromatic rings. The van der Waals surface area contributed by atoms with Gasteiger partial charge in [-0.05, 0) is 12.1 Å². The van der Waals surface area contributed by atoms with Gasteiger partial charge < -0.3 is 0 Å². The van der Waals surface area contributed by atoms with E-state index in [-0.39, 0.29) is 11.7 Å². The van der Waals surface area contributed by atoms with E-state index in [1.54, 1.807) is 0 Å². The predicted molar refractivity (Wildman–Crippen MR) is 62.4 cm³/mol. The highest BCUT2D eigenvalue weighted by molar-refractivity contribution is 5.78. The molecule has 0 saturated heterocycles. The smallest absolute Gasteiger partial charge is 0.133 e. The summed E-state index contributed by atoms with van der Waals surface area (Å²) in [5, 5.41) is 0. The van der Waals surface area contributed by atoms with Gasteiger partial charge in [0, 0.05) is 24.3 Å². The summed E-state index contributed by atoms with van der Waals surface area (Å²) < 4.78 is 0. The van der Waals surface area contributed by atoms with E-state index in [0.29, 0.717) is 12.8 Å². The second-order valence-corrected chi connectivity index (χ2v) is 3.63. The number of hydrogen-bond acceptors (Lipinski definition) is 1. The van der Waals surface area contributed by atoms with Gasteiger partial charge in [0.1, 0.15) is 5.78 Å². The number of hydrogen-bond donors (Lipinski definition) is 0. The van der Waals surface area contributed by atoms with Crippen molar-refractivity contribution in [2.24, 2.45) is 5.92 Å². The topological polar surface area (TPSA) is 17.1 Å². The molecule has 0 bridgehead atoms. The van der Waals surface area contributed by atoms with Gasteiger partial charge >= 0.3 is 0 Å². The molecule has 1 unspecified atom stereocenters. The van der Waals surface area contributed by atoms with E-state index in [9.17, 15) is 4.79 Å². The molecule has 0 amide bonds. The summed E-state index contributed by atoms with van der Waals surface area (Å²) in [6.45, 7) is 3.88. The summed E-state index contributed by atoms with van der Waals surface area (Å²) in [7, 11) is 0. The van der Waals surface area contributed by atoms with Gasteiger partial charge in [0.25, 0.3) is 0 Å². The van der Waals surface area contributed by atoms with Crippen molar-refractivity contribution >= 4 is 5.78 Å². The Morgan fingerprint density at radius 2 is 2.00 bits per heavy atom. The maximum atomic E-state index is 11.2. The van der Waals surface area contributed by atoms with Crippen LogP contribution in [0.2, 0.25) is 0 Å². The Bertz CT molecular complexity index is 367. The van der Waals surface area contributed by atoms with Gasteiger partial charge in [-0.2, -0.15) is 0 Å². The maximum Gasteiger partial charge on any atom is 0.133 e. The van der Waals surface area contributed by atoms with E-state index >= 15 is 0 Å². The van der Waals surface area contributed by atoms with Crippen LogP contribution in [-0.4, -0.2) is 5.78 Å². The lowest BCUT2D eigenvalue weighted by Crippen LogP contribution is -2.01. The van der Waals surface area contributed by atoms with Crippen LogP contribution in [0.5, 0.6) is 0 Å². The molecule has 0 fully saturated rings. The Labute approximate surface area is 91.5 Å². The third kappa shape index (κ3) is 4.46. The average molecular weight is 200 g/mol. The fourth-order valence-corrected chi connectivity index (χ4v) is 1.26. The predicted octanol–water partition coefficient (Wildman–Crippen LogP) is 3.04. The molecule has 0 radical (unpaired) electrons. The summed E-state index contributed by atoms with van der Waals surface area (Å²) in [6.07, 6.45) is 1.17. The molecule has 0 spiro atoms. The highest BCUT2D eigenvalue weighted by Gasteiger charge is 2.03. The van der Waals surface area contributed by atoms with E-state index < -0.39 is 0 Å². The average Bonchev–Trinajstić information content (AvgIpc) is 2.27. The van der Waals surface area contributed by atoms with Crippen molar-refractivity contribution < 1.29 is 4.79 Å². The first-order chi connectivity index (χ1) is 7.22. The zero-order valence-corrected chi connectivity index (χ0v) is 9.29. The Hall–Kier alpha value is -1.55. The lowest BCUT2D eigenvalue weighted by atomic mass is 10.0. The molecule has 1 heteroatoms. The van der Waals surface area contributed by atoms with Gasteiger partial charge in [-0.15, -0.1) is 0 Å². The van der Waals surface area contributed by atoms with Crippen LogP contribution in [0.4, 0.5) is 0 Å². The van der Waals surface area contributed by atoms with Gasteiger partial charge in [-0.1, -0.05) is 43.9 Å². The zero-order chi connectivity index (χ0) is 11.1. The third-order valence-corrected chi connectivity index (χ3v) is 2.16. The minimum atomic E-state index is 0.151. The van der Waals surface area contributed by atoms with Crippen LogP contribution in [0.25, 0.3) is 0 Å². The van der Waals surface area contributed by atoms with Crippen LogP contribution < -0.4 is 0 Å². The van der Waals surface area contributed by atoms with Crippen molar-refractivity contribution in [1.29, 1.82) is 0 Å². The van der Waals surface area contributed by atoms with Crippen molar-refractivity contribution in [2.75, 3.05) is 0 Å². The van der Waals surface area contributed by atoms with E-state index in [2.05, 4.69) is 11.8 Å². The Balaban J connectivity index is 2.55. The number of ketones is 1. The van der Waals surface area contributed by atoms with Crippen molar-refractivity contribution in [1.82, 2.24) is 0 Å². The SMILES string of the molecule is CCC(=O)CC(C)C#Cc1ccccc1. The quantitative estimate of drug-likeness (QED) is 0.685. The summed E-state index contributed by atoms with van der Waals surface area (Å²) in [6, 6.07) is 9.84. The lowest BCUT2D eigenvalue weighted by molar-refractivity contribution is -0.119. The zero-order valence-electron chi connectivity index (χ0n) is 9.29. The van der Waals surface area contributed by atoms with Gasteiger partial charge in [-0.3, -0.25) is 4.79 Å². The molecular weight excluding hydrogens is 184 g/mol. The van der Waals surface area contributed by atoms with E-state index in [1.165, 1.54) is 0 Å². The number of carbonyl (C=O) groups is 1. The molecule has 1 aromatic carbocycles. The Kier molecular flexibility index (Phi) is 4.63. The molecule has 1 atom stereocenters. The molecule has 1 nitrogen and oxygen atoms in total. The molecule has 0 aliphatic rings. The number of Topliss-reactive ketones (excluding diaryl/α,β-unsaturated/α-hetero) is 1. The van der Waals surface area contributed by atoms with Crippen molar-refractivity contribution in [3.8, 4) is 11.8 Å². The van der Waals surface area contributed by atoms with Crippen LogP contribution in [-0.2, 0) is 4.79 Å². The van der Waals surface area contributed by atoms with Gasteiger partial charge in [0.2, 0.25) is 0 Å². The molecule has 78 valence electrons. The van der Waals surface area contributed by atoms with Gasteiger partial charge in [-0.25, -0.2) is 0 Å². The largest absolute Gasteiger partial charge is 0.300 e. The lowest BCUT2D eigenvalue weighted by Gasteiger charge is -1.99. The molecule has 15 heavy (non-hydrogen) atoms. The van der Waals surface area contributed by atoms with Crippen molar-refractivity contribution in [3.63, 3.8) is 0 Å². The first-order valence-electron chi connectivity index (χ1n) is 5.30. The summed E-state index contributed by atoms with van der Waals surface area (Å²) in [5.74, 6) is 6.60. The van der Waals surface area contributed by atoms with Crippen LogP contribution in [0, 0.1) is 17.8 Å². The number of rotatable bonds is 3. The Morgan fingerprint density at radius 3 is 2.60 bits per heavy atom. The summed E-state index contributed by atoms with van der Waals surface area (Å²) in [5.41, 5.74) is 1.01. The van der Waals surface area contributed by atoms with Crippen LogP contribution in [0.1, 0.15) is 32.3 Å². The second-order valence-electron chi connectivity index (χ2n) is 3.63. The van der Waals surface area contributed by atoms with Gasteiger partial charge in [0.15, 0.2) is 0 Å². The highest BCUT2D eigenvalue weighted by atomic mass is 16.1. The second kappa shape index (κ2) is 6.03. The molecule has 0 aliphatic carbocycles. The van der Waals surface area contributed by atoms with Crippen LogP contribution >= 0.6 is 0 Å². The van der Waals surface area contributed by atoms with Crippen LogP contribution in [0.3, 0.4) is 0 Å². The molecular formula is C14H16O. The maximum absolute atomic E-state index is 11.2.